The van der Waals surface area contributed by atoms with Crippen molar-refractivity contribution in [2.45, 2.75) is 12.8 Å². The van der Waals surface area contributed by atoms with E-state index < -0.39 is 0 Å². The summed E-state index contributed by atoms with van der Waals surface area (Å²) in [5, 5.41) is 8.87. The van der Waals surface area contributed by atoms with Crippen LogP contribution in [-0.4, -0.2) is 29.8 Å². The number of nitrogen functional groups attached to an aromatic ring is 1. The minimum absolute atomic E-state index is 0.290. The summed E-state index contributed by atoms with van der Waals surface area (Å²) >= 11 is 0. The van der Waals surface area contributed by atoms with Crippen molar-refractivity contribution in [3.63, 3.8) is 0 Å². The number of nitrogens with zero attached hydrogens (tertiary/aromatic N) is 2. The summed E-state index contributed by atoms with van der Waals surface area (Å²) in [6.45, 7) is 2.36. The Morgan fingerprint density at radius 3 is 3.07 bits per heavy atom. The fourth-order valence-electron chi connectivity index (χ4n) is 2.07. The number of aliphatic hydroxyl groups excluding tert-OH is 1. The molecule has 0 radical (unpaired) electrons. The maximum atomic E-state index is 8.87. The topological polar surface area (TPSA) is 62.4 Å². The van der Waals surface area contributed by atoms with Gasteiger partial charge < -0.3 is 15.7 Å². The lowest BCUT2D eigenvalue weighted by molar-refractivity contribution is 0.263. The summed E-state index contributed by atoms with van der Waals surface area (Å²) in [7, 11) is 0. The van der Waals surface area contributed by atoms with Crippen LogP contribution in [0.15, 0.2) is 18.3 Å². The molecule has 1 aromatic rings. The van der Waals surface area contributed by atoms with Crippen molar-refractivity contribution < 1.29 is 5.11 Å². The molecule has 1 saturated heterocycles. The lowest BCUT2D eigenvalue weighted by Gasteiger charge is -2.18. The van der Waals surface area contributed by atoms with E-state index in [-0.39, 0.29) is 0 Å². The van der Waals surface area contributed by atoms with Gasteiger partial charge in [-0.3, -0.25) is 0 Å². The van der Waals surface area contributed by atoms with Crippen LogP contribution in [-0.2, 0) is 0 Å². The smallest absolute Gasteiger partial charge is 0.123 e. The van der Waals surface area contributed by atoms with Crippen LogP contribution in [0.25, 0.3) is 0 Å². The van der Waals surface area contributed by atoms with Gasteiger partial charge in [0.15, 0.2) is 0 Å². The molecular weight excluding hydrogens is 190 g/mol. The molecule has 0 saturated carbocycles. The fourth-order valence-corrected chi connectivity index (χ4v) is 2.07. The van der Waals surface area contributed by atoms with E-state index in [1.165, 1.54) is 0 Å². The summed E-state index contributed by atoms with van der Waals surface area (Å²) in [6.07, 6.45) is 3.88. The first-order valence-electron chi connectivity index (χ1n) is 5.37. The molecule has 2 rings (SSSR count). The van der Waals surface area contributed by atoms with Crippen LogP contribution in [0.3, 0.4) is 0 Å². The average molecular weight is 207 g/mol. The first-order valence-corrected chi connectivity index (χ1v) is 5.37. The summed E-state index contributed by atoms with van der Waals surface area (Å²) in [5.74, 6) is 1.18. The molecule has 0 spiro atoms. The Labute approximate surface area is 89.7 Å². The maximum Gasteiger partial charge on any atom is 0.123 e. The van der Waals surface area contributed by atoms with Crippen molar-refractivity contribution in [2.75, 3.05) is 30.3 Å². The zero-order valence-corrected chi connectivity index (χ0v) is 8.76. The molecule has 0 bridgehead atoms. The Bertz CT molecular complexity index is 312. The Hall–Kier alpha value is -1.29. The molecule has 1 aliphatic rings. The number of anilines is 2. The van der Waals surface area contributed by atoms with Gasteiger partial charge in [-0.25, -0.2) is 4.98 Å². The quantitative estimate of drug-likeness (QED) is 0.772. The van der Waals surface area contributed by atoms with Gasteiger partial charge in [-0.2, -0.15) is 0 Å². The Kier molecular flexibility index (Phi) is 3.06. The van der Waals surface area contributed by atoms with E-state index in [2.05, 4.69) is 9.88 Å². The SMILES string of the molecule is Nc1ccc(N2CCC(CCO)C2)cn1. The Morgan fingerprint density at radius 2 is 2.40 bits per heavy atom. The van der Waals surface area contributed by atoms with Crippen molar-refractivity contribution in [2.24, 2.45) is 5.92 Å². The third-order valence-electron chi connectivity index (χ3n) is 2.96. The van der Waals surface area contributed by atoms with E-state index in [0.29, 0.717) is 18.3 Å². The first-order chi connectivity index (χ1) is 7.29. The number of pyridine rings is 1. The van der Waals surface area contributed by atoms with Crippen molar-refractivity contribution in [1.82, 2.24) is 4.98 Å². The first kappa shape index (κ1) is 10.2. The minimum atomic E-state index is 0.290. The van der Waals surface area contributed by atoms with Crippen molar-refractivity contribution in [3.05, 3.63) is 18.3 Å². The zero-order chi connectivity index (χ0) is 10.7. The number of nitrogens with two attached hydrogens (primary N) is 1. The van der Waals surface area contributed by atoms with Gasteiger partial charge >= 0.3 is 0 Å². The van der Waals surface area contributed by atoms with Crippen molar-refractivity contribution >= 4 is 11.5 Å². The van der Waals surface area contributed by atoms with E-state index in [1.54, 1.807) is 0 Å². The molecule has 3 N–H and O–H groups in total. The minimum Gasteiger partial charge on any atom is -0.396 e. The van der Waals surface area contributed by atoms with Gasteiger partial charge in [0, 0.05) is 19.7 Å². The van der Waals surface area contributed by atoms with Crippen LogP contribution in [0.5, 0.6) is 0 Å². The molecule has 0 aromatic carbocycles. The number of aliphatic hydroxyl groups is 1. The lowest BCUT2D eigenvalue weighted by atomic mass is 10.1. The molecule has 1 atom stereocenters. The van der Waals surface area contributed by atoms with E-state index in [9.17, 15) is 0 Å². The van der Waals surface area contributed by atoms with Crippen LogP contribution in [0.1, 0.15) is 12.8 Å². The van der Waals surface area contributed by atoms with Gasteiger partial charge in [-0.05, 0) is 30.9 Å². The second-order valence-corrected chi connectivity index (χ2v) is 4.05. The molecule has 4 heteroatoms. The predicted octanol–water partition coefficient (Wildman–Crippen LogP) is 0.872. The molecule has 0 aliphatic carbocycles. The lowest BCUT2D eigenvalue weighted by Crippen LogP contribution is -2.20. The monoisotopic (exact) mass is 207 g/mol. The molecule has 0 amide bonds. The summed E-state index contributed by atoms with van der Waals surface area (Å²) in [5.41, 5.74) is 6.67. The summed E-state index contributed by atoms with van der Waals surface area (Å²) < 4.78 is 0. The maximum absolute atomic E-state index is 8.87. The highest BCUT2D eigenvalue weighted by Crippen LogP contribution is 2.25. The van der Waals surface area contributed by atoms with Gasteiger partial charge in [0.2, 0.25) is 0 Å². The highest BCUT2D eigenvalue weighted by molar-refractivity contribution is 5.48. The molecule has 1 aromatic heterocycles. The van der Waals surface area contributed by atoms with Crippen LogP contribution in [0, 0.1) is 5.92 Å². The third kappa shape index (κ3) is 2.39. The Balaban J connectivity index is 1.98. The number of aromatic nitrogens is 1. The molecule has 1 fully saturated rings. The normalized spacial score (nSPS) is 20.9. The zero-order valence-electron chi connectivity index (χ0n) is 8.76. The highest BCUT2D eigenvalue weighted by Gasteiger charge is 2.22. The van der Waals surface area contributed by atoms with Gasteiger partial charge in [0.05, 0.1) is 11.9 Å². The largest absolute Gasteiger partial charge is 0.396 e. The molecular formula is C11H17N3O. The van der Waals surface area contributed by atoms with Gasteiger partial charge in [0.1, 0.15) is 5.82 Å². The van der Waals surface area contributed by atoms with Gasteiger partial charge in [0.25, 0.3) is 0 Å². The van der Waals surface area contributed by atoms with Crippen LogP contribution in [0.2, 0.25) is 0 Å². The van der Waals surface area contributed by atoms with E-state index in [4.69, 9.17) is 10.8 Å². The fraction of sp³-hybridized carbons (Fsp3) is 0.545. The van der Waals surface area contributed by atoms with E-state index in [0.717, 1.165) is 31.6 Å². The number of hydrogen-bond donors (Lipinski definition) is 2. The van der Waals surface area contributed by atoms with Crippen molar-refractivity contribution in [1.29, 1.82) is 0 Å². The van der Waals surface area contributed by atoms with Crippen molar-refractivity contribution in [3.8, 4) is 0 Å². The number of hydrogen-bond acceptors (Lipinski definition) is 4. The van der Waals surface area contributed by atoms with Gasteiger partial charge in [-0.1, -0.05) is 0 Å². The van der Waals surface area contributed by atoms with E-state index in [1.807, 2.05) is 18.3 Å². The van der Waals surface area contributed by atoms with Crippen LogP contribution >= 0.6 is 0 Å². The highest BCUT2D eigenvalue weighted by atomic mass is 16.3. The van der Waals surface area contributed by atoms with E-state index >= 15 is 0 Å². The van der Waals surface area contributed by atoms with Gasteiger partial charge in [-0.15, -0.1) is 0 Å². The predicted molar refractivity (Wildman–Crippen MR) is 60.7 cm³/mol. The summed E-state index contributed by atoms with van der Waals surface area (Å²) in [4.78, 5) is 6.38. The standard InChI is InChI=1S/C11H17N3O/c12-11-2-1-10(7-13-11)14-5-3-9(8-14)4-6-15/h1-2,7,9,15H,3-6,8H2,(H2,12,13). The second-order valence-electron chi connectivity index (χ2n) is 4.05. The third-order valence-corrected chi connectivity index (χ3v) is 2.96. The molecule has 4 nitrogen and oxygen atoms in total. The van der Waals surface area contributed by atoms with Crippen LogP contribution < -0.4 is 10.6 Å². The van der Waals surface area contributed by atoms with Crippen LogP contribution in [0.4, 0.5) is 11.5 Å². The average Bonchev–Trinajstić information content (AvgIpc) is 2.68. The molecule has 82 valence electrons. The molecule has 1 aliphatic heterocycles. The molecule has 2 heterocycles. The second kappa shape index (κ2) is 4.49. The molecule has 15 heavy (non-hydrogen) atoms. The number of rotatable bonds is 3. The Morgan fingerprint density at radius 1 is 1.53 bits per heavy atom. The summed E-state index contributed by atoms with van der Waals surface area (Å²) in [6, 6.07) is 3.83. The molecule has 1 unspecified atom stereocenters.